The zero-order valence-electron chi connectivity index (χ0n) is 11.5. The summed E-state index contributed by atoms with van der Waals surface area (Å²) in [5.74, 6) is 0.583. The number of nitrogens with one attached hydrogen (secondary N) is 1. The summed E-state index contributed by atoms with van der Waals surface area (Å²) in [6.07, 6.45) is 0. The molecule has 1 aromatic carbocycles. The van der Waals surface area contributed by atoms with Gasteiger partial charge in [0.2, 0.25) is 0 Å². The van der Waals surface area contributed by atoms with E-state index in [0.717, 1.165) is 5.56 Å². The lowest BCUT2D eigenvalue weighted by Gasteiger charge is -2.18. The first-order valence-electron chi connectivity index (χ1n) is 6.06. The van der Waals surface area contributed by atoms with Crippen molar-refractivity contribution in [2.75, 3.05) is 7.11 Å². The Kier molecular flexibility index (Phi) is 3.83. The van der Waals surface area contributed by atoms with Crippen molar-refractivity contribution in [1.82, 2.24) is 10.2 Å². The number of aromatic nitrogens is 2. The van der Waals surface area contributed by atoms with E-state index in [9.17, 15) is 4.79 Å². The molecular formula is C14H16ClN3O2. The van der Waals surface area contributed by atoms with E-state index in [2.05, 4.69) is 10.2 Å². The summed E-state index contributed by atoms with van der Waals surface area (Å²) in [4.78, 5) is 11.8. The van der Waals surface area contributed by atoms with E-state index < -0.39 is 5.54 Å². The number of benzene rings is 1. The number of nitrogens with two attached hydrogens (primary N) is 1. The third-order valence-electron chi connectivity index (χ3n) is 2.95. The normalized spacial score (nSPS) is 11.4. The SMILES string of the molecule is COc1ccc(-c2cc(C(C)(C)N)c(=O)[nH]n2)cc1Cl. The van der Waals surface area contributed by atoms with E-state index in [0.29, 0.717) is 22.0 Å². The largest absolute Gasteiger partial charge is 0.495 e. The highest BCUT2D eigenvalue weighted by Gasteiger charge is 2.19. The number of ether oxygens (including phenoxy) is 1. The van der Waals surface area contributed by atoms with Crippen molar-refractivity contribution < 1.29 is 4.74 Å². The van der Waals surface area contributed by atoms with E-state index >= 15 is 0 Å². The van der Waals surface area contributed by atoms with Gasteiger partial charge in [-0.1, -0.05) is 11.6 Å². The standard InChI is InChI=1S/C14H16ClN3O2/c1-14(2,16)9-7-11(17-18-13(9)19)8-4-5-12(20-3)10(15)6-8/h4-7H,16H2,1-3H3,(H,18,19). The van der Waals surface area contributed by atoms with Crippen LogP contribution in [0.15, 0.2) is 29.1 Å². The number of rotatable bonds is 3. The van der Waals surface area contributed by atoms with Crippen molar-refractivity contribution in [1.29, 1.82) is 0 Å². The number of aromatic amines is 1. The number of hydrogen-bond donors (Lipinski definition) is 2. The Morgan fingerprint density at radius 1 is 1.35 bits per heavy atom. The second kappa shape index (κ2) is 5.26. The molecule has 0 fully saturated rings. The molecule has 0 atom stereocenters. The maximum atomic E-state index is 11.8. The maximum Gasteiger partial charge on any atom is 0.269 e. The Hall–Kier alpha value is -1.85. The fourth-order valence-electron chi connectivity index (χ4n) is 1.86. The highest BCUT2D eigenvalue weighted by molar-refractivity contribution is 6.32. The van der Waals surface area contributed by atoms with Gasteiger partial charge in [-0.2, -0.15) is 5.10 Å². The molecule has 1 heterocycles. The van der Waals surface area contributed by atoms with Crippen LogP contribution in [0.2, 0.25) is 5.02 Å². The predicted molar refractivity (Wildman–Crippen MR) is 79.1 cm³/mol. The van der Waals surface area contributed by atoms with Gasteiger partial charge in [-0.15, -0.1) is 0 Å². The molecule has 0 saturated heterocycles. The van der Waals surface area contributed by atoms with E-state index in [1.54, 1.807) is 39.2 Å². The molecule has 106 valence electrons. The lowest BCUT2D eigenvalue weighted by atomic mass is 9.96. The second-order valence-electron chi connectivity index (χ2n) is 5.07. The Morgan fingerprint density at radius 2 is 2.05 bits per heavy atom. The molecule has 0 unspecified atom stereocenters. The van der Waals surface area contributed by atoms with Crippen LogP contribution in [-0.2, 0) is 5.54 Å². The summed E-state index contributed by atoms with van der Waals surface area (Å²) in [6, 6.07) is 6.97. The van der Waals surface area contributed by atoms with Crippen LogP contribution in [0.5, 0.6) is 5.75 Å². The zero-order chi connectivity index (χ0) is 14.9. The lowest BCUT2D eigenvalue weighted by molar-refractivity contribution is 0.415. The summed E-state index contributed by atoms with van der Waals surface area (Å²) < 4.78 is 5.10. The van der Waals surface area contributed by atoms with Crippen LogP contribution in [0.3, 0.4) is 0 Å². The van der Waals surface area contributed by atoms with Crippen molar-refractivity contribution in [3.05, 3.63) is 45.2 Å². The first-order valence-corrected chi connectivity index (χ1v) is 6.43. The van der Waals surface area contributed by atoms with Gasteiger partial charge in [0, 0.05) is 16.7 Å². The van der Waals surface area contributed by atoms with Crippen LogP contribution in [0, 0.1) is 0 Å². The van der Waals surface area contributed by atoms with Crippen LogP contribution in [-0.4, -0.2) is 17.3 Å². The van der Waals surface area contributed by atoms with Crippen molar-refractivity contribution in [3.8, 4) is 17.0 Å². The number of nitrogens with zero attached hydrogens (tertiary/aromatic N) is 1. The molecule has 2 aromatic rings. The van der Waals surface area contributed by atoms with Gasteiger partial charge in [0.15, 0.2) is 0 Å². The van der Waals surface area contributed by atoms with Crippen molar-refractivity contribution in [3.63, 3.8) is 0 Å². The average Bonchev–Trinajstić information content (AvgIpc) is 2.37. The fourth-order valence-corrected chi connectivity index (χ4v) is 2.12. The van der Waals surface area contributed by atoms with Gasteiger partial charge in [0.25, 0.3) is 5.56 Å². The minimum absolute atomic E-state index is 0.291. The van der Waals surface area contributed by atoms with E-state index in [4.69, 9.17) is 22.1 Å². The van der Waals surface area contributed by atoms with Gasteiger partial charge >= 0.3 is 0 Å². The molecule has 0 amide bonds. The molecule has 0 aliphatic heterocycles. The highest BCUT2D eigenvalue weighted by atomic mass is 35.5. The maximum absolute atomic E-state index is 11.8. The molecule has 0 saturated carbocycles. The molecule has 0 bridgehead atoms. The highest BCUT2D eigenvalue weighted by Crippen LogP contribution is 2.29. The smallest absolute Gasteiger partial charge is 0.269 e. The van der Waals surface area contributed by atoms with Crippen LogP contribution < -0.4 is 16.0 Å². The van der Waals surface area contributed by atoms with E-state index in [1.807, 2.05) is 6.07 Å². The third kappa shape index (κ3) is 2.84. The Balaban J connectivity index is 2.54. The van der Waals surface area contributed by atoms with Crippen LogP contribution in [0.1, 0.15) is 19.4 Å². The van der Waals surface area contributed by atoms with Gasteiger partial charge in [0.1, 0.15) is 5.75 Å². The van der Waals surface area contributed by atoms with Crippen LogP contribution in [0.4, 0.5) is 0 Å². The first kappa shape index (κ1) is 14.6. The van der Waals surface area contributed by atoms with Gasteiger partial charge in [-0.05, 0) is 38.1 Å². The second-order valence-corrected chi connectivity index (χ2v) is 5.47. The quantitative estimate of drug-likeness (QED) is 0.910. The molecule has 0 spiro atoms. The Bertz CT molecular complexity index is 690. The first-order chi connectivity index (χ1) is 9.32. The summed E-state index contributed by atoms with van der Waals surface area (Å²) in [5.41, 5.74) is 6.79. The van der Waals surface area contributed by atoms with Crippen molar-refractivity contribution in [2.45, 2.75) is 19.4 Å². The number of halogens is 1. The molecule has 3 N–H and O–H groups in total. The average molecular weight is 294 g/mol. The molecule has 0 aliphatic rings. The molecule has 2 rings (SSSR count). The zero-order valence-corrected chi connectivity index (χ0v) is 12.3. The summed E-state index contributed by atoms with van der Waals surface area (Å²) in [7, 11) is 1.55. The third-order valence-corrected chi connectivity index (χ3v) is 3.24. The fraction of sp³-hybridized carbons (Fsp3) is 0.286. The van der Waals surface area contributed by atoms with Gasteiger partial charge in [0.05, 0.1) is 17.8 Å². The number of hydrogen-bond acceptors (Lipinski definition) is 4. The molecule has 1 aromatic heterocycles. The van der Waals surface area contributed by atoms with Gasteiger partial charge in [-0.25, -0.2) is 5.10 Å². The lowest BCUT2D eigenvalue weighted by Crippen LogP contribution is -2.35. The Labute approximate surface area is 121 Å². The predicted octanol–water partition coefficient (Wildman–Crippen LogP) is 2.29. The molecule has 0 aliphatic carbocycles. The molecule has 0 radical (unpaired) electrons. The minimum atomic E-state index is -0.748. The molecular weight excluding hydrogens is 278 g/mol. The Morgan fingerprint density at radius 3 is 2.60 bits per heavy atom. The monoisotopic (exact) mass is 293 g/mol. The summed E-state index contributed by atoms with van der Waals surface area (Å²) in [5, 5.41) is 6.97. The number of methoxy groups -OCH3 is 1. The molecule has 5 nitrogen and oxygen atoms in total. The topological polar surface area (TPSA) is 81.0 Å². The van der Waals surface area contributed by atoms with Gasteiger partial charge in [-0.3, -0.25) is 4.79 Å². The summed E-state index contributed by atoms with van der Waals surface area (Å²) >= 11 is 6.09. The molecule has 20 heavy (non-hydrogen) atoms. The van der Waals surface area contributed by atoms with Gasteiger partial charge < -0.3 is 10.5 Å². The van der Waals surface area contributed by atoms with Crippen molar-refractivity contribution >= 4 is 11.6 Å². The van der Waals surface area contributed by atoms with Crippen LogP contribution >= 0.6 is 11.6 Å². The molecule has 6 heteroatoms. The summed E-state index contributed by atoms with van der Waals surface area (Å²) in [6.45, 7) is 3.53. The van der Waals surface area contributed by atoms with Crippen LogP contribution in [0.25, 0.3) is 11.3 Å². The number of H-pyrrole nitrogens is 1. The minimum Gasteiger partial charge on any atom is -0.495 e. The van der Waals surface area contributed by atoms with E-state index in [-0.39, 0.29) is 5.56 Å². The van der Waals surface area contributed by atoms with Crippen molar-refractivity contribution in [2.24, 2.45) is 5.73 Å². The van der Waals surface area contributed by atoms with E-state index in [1.165, 1.54) is 0 Å².